The molecule has 1 fully saturated rings. The van der Waals surface area contributed by atoms with Crippen LogP contribution in [0.1, 0.15) is 65.9 Å². The number of carbonyl (C=O) groups excluding carboxylic acids is 2. The average molecular weight is 657 g/mol. The van der Waals surface area contributed by atoms with Gasteiger partial charge in [-0.1, -0.05) is 38.6 Å². The van der Waals surface area contributed by atoms with Crippen LogP contribution in [0.3, 0.4) is 0 Å². The van der Waals surface area contributed by atoms with Gasteiger partial charge in [0.1, 0.15) is 18.4 Å². The standard InChI is InChI=1S/C18H24NO2P.C10H20N2O.C9H14FN/c1-5-11-22(21-6-2)15-7-8-16-17(14(3)4)13-19(9-10-20)18(16)12-15;1-10(7-11(2)3)5-9(6-13)12(4)8-10;1-7-4-3-5-8(6-11-2)9(7)10/h7-8,10,12-13H,3,5-6,9,11H2,1-2,4H3;6,9H,5,7-8H2,1-4H3;4,11H,3,5-6H2,1-2H3. The van der Waals surface area contributed by atoms with Gasteiger partial charge >= 0.3 is 0 Å². The molecule has 1 aromatic heterocycles. The van der Waals surface area contributed by atoms with E-state index in [4.69, 9.17) is 4.52 Å². The van der Waals surface area contributed by atoms with Crippen LogP contribution in [-0.2, 0) is 20.7 Å². The lowest BCUT2D eigenvalue weighted by Crippen LogP contribution is -2.33. The molecule has 1 aliphatic heterocycles. The molecule has 3 unspecified atom stereocenters. The molecule has 2 aliphatic rings. The second kappa shape index (κ2) is 19.4. The van der Waals surface area contributed by atoms with Gasteiger partial charge in [-0.2, -0.15) is 0 Å². The summed E-state index contributed by atoms with van der Waals surface area (Å²) >= 11 is 0. The first kappa shape index (κ1) is 39.7. The van der Waals surface area contributed by atoms with Crippen molar-refractivity contribution >= 4 is 42.5 Å². The third-order valence-electron chi connectivity index (χ3n) is 8.29. The van der Waals surface area contributed by atoms with E-state index >= 15 is 0 Å². The Hall–Kier alpha value is -2.48. The predicted molar refractivity (Wildman–Crippen MR) is 195 cm³/mol. The smallest absolute Gasteiger partial charge is 0.139 e. The van der Waals surface area contributed by atoms with E-state index in [1.807, 2.05) is 51.7 Å². The van der Waals surface area contributed by atoms with Crippen molar-refractivity contribution in [1.82, 2.24) is 19.7 Å². The number of nitrogens with zero attached hydrogens (tertiary/aromatic N) is 3. The Morgan fingerprint density at radius 1 is 1.28 bits per heavy atom. The molecular formula is C37H58FN4O3P. The van der Waals surface area contributed by atoms with Crippen LogP contribution in [0.15, 0.2) is 54.0 Å². The maximum atomic E-state index is 13.2. The summed E-state index contributed by atoms with van der Waals surface area (Å²) in [5.41, 5.74) is 5.20. The highest BCUT2D eigenvalue weighted by molar-refractivity contribution is 7.60. The number of hydrogen-bond donors (Lipinski definition) is 1. The minimum absolute atomic E-state index is 0.00870. The highest BCUT2D eigenvalue weighted by Crippen LogP contribution is 2.38. The molecule has 4 rings (SSSR count). The Morgan fingerprint density at radius 2 is 2.00 bits per heavy atom. The van der Waals surface area contributed by atoms with E-state index in [0.717, 1.165) is 97.3 Å². The summed E-state index contributed by atoms with van der Waals surface area (Å²) in [4.78, 5) is 26.0. The maximum absolute atomic E-state index is 13.2. The van der Waals surface area contributed by atoms with E-state index in [1.165, 1.54) is 5.30 Å². The van der Waals surface area contributed by atoms with Gasteiger partial charge in [-0.15, -0.1) is 0 Å². The topological polar surface area (TPSA) is 66.8 Å². The lowest BCUT2D eigenvalue weighted by molar-refractivity contribution is -0.111. The van der Waals surface area contributed by atoms with Crippen LogP contribution in [0.4, 0.5) is 4.39 Å². The molecule has 256 valence electrons. The van der Waals surface area contributed by atoms with Crippen molar-refractivity contribution in [2.45, 2.75) is 72.9 Å². The molecule has 0 saturated carbocycles. The zero-order valence-corrected chi connectivity index (χ0v) is 30.7. The summed E-state index contributed by atoms with van der Waals surface area (Å²) in [6, 6.07) is 6.62. The number of nitrogens with one attached hydrogen (secondary N) is 1. The third-order valence-corrected chi connectivity index (χ3v) is 10.6. The van der Waals surface area contributed by atoms with Gasteiger partial charge in [0.05, 0.1) is 20.7 Å². The van der Waals surface area contributed by atoms with Gasteiger partial charge in [0.25, 0.3) is 0 Å². The van der Waals surface area contributed by atoms with E-state index in [1.54, 1.807) is 0 Å². The Labute approximate surface area is 278 Å². The van der Waals surface area contributed by atoms with Crippen molar-refractivity contribution in [3.05, 3.63) is 59.6 Å². The molecule has 0 bridgehead atoms. The van der Waals surface area contributed by atoms with E-state index in [9.17, 15) is 14.0 Å². The van der Waals surface area contributed by atoms with E-state index in [0.29, 0.717) is 13.1 Å². The number of carbonyl (C=O) groups is 2. The Kier molecular flexibility index (Phi) is 16.7. The molecule has 1 aromatic carbocycles. The molecule has 9 heteroatoms. The molecule has 1 aliphatic carbocycles. The van der Waals surface area contributed by atoms with Crippen LogP contribution in [-0.4, -0.2) is 93.6 Å². The van der Waals surface area contributed by atoms with E-state index in [2.05, 4.69) is 67.8 Å². The fourth-order valence-corrected chi connectivity index (χ4v) is 8.19. The number of hydrogen-bond acceptors (Lipinski definition) is 6. The molecule has 0 amide bonds. The van der Waals surface area contributed by atoms with Gasteiger partial charge < -0.3 is 28.9 Å². The zero-order chi connectivity index (χ0) is 34.4. The zero-order valence-electron chi connectivity index (χ0n) is 29.8. The van der Waals surface area contributed by atoms with Crippen LogP contribution in [0.25, 0.3) is 16.5 Å². The van der Waals surface area contributed by atoms with Crippen LogP contribution >= 0.6 is 8.15 Å². The van der Waals surface area contributed by atoms with E-state index < -0.39 is 8.15 Å². The molecular weight excluding hydrogens is 598 g/mol. The van der Waals surface area contributed by atoms with Crippen molar-refractivity contribution in [2.24, 2.45) is 5.41 Å². The van der Waals surface area contributed by atoms with Crippen molar-refractivity contribution < 1.29 is 18.5 Å². The molecule has 0 radical (unpaired) electrons. The maximum Gasteiger partial charge on any atom is 0.139 e. The predicted octanol–water partition coefficient (Wildman–Crippen LogP) is 6.97. The number of fused-ring (bicyclic) bond motifs is 1. The molecule has 2 aromatic rings. The second-order valence-electron chi connectivity index (χ2n) is 13.1. The summed E-state index contributed by atoms with van der Waals surface area (Å²) in [6.07, 6.45) is 11.0. The quantitative estimate of drug-likeness (QED) is 0.186. The van der Waals surface area contributed by atoms with Gasteiger partial charge in [-0.05, 0) is 109 Å². The van der Waals surface area contributed by atoms with Crippen molar-refractivity contribution in [3.63, 3.8) is 0 Å². The molecule has 2 heterocycles. The monoisotopic (exact) mass is 656 g/mol. The number of allylic oxidation sites excluding steroid dienone is 4. The second-order valence-corrected chi connectivity index (χ2v) is 15.1. The number of aromatic nitrogens is 1. The third kappa shape index (κ3) is 11.3. The summed E-state index contributed by atoms with van der Waals surface area (Å²) in [5, 5.41) is 5.36. The van der Waals surface area contributed by atoms with Gasteiger partial charge in [0.15, 0.2) is 0 Å². The van der Waals surface area contributed by atoms with Crippen molar-refractivity contribution in [3.8, 4) is 0 Å². The number of rotatable bonds is 13. The highest BCUT2D eigenvalue weighted by Gasteiger charge is 2.38. The Morgan fingerprint density at radius 3 is 2.54 bits per heavy atom. The van der Waals surface area contributed by atoms with Crippen molar-refractivity contribution in [2.75, 3.05) is 60.6 Å². The van der Waals surface area contributed by atoms with Crippen LogP contribution in [0, 0.1) is 5.41 Å². The molecule has 1 N–H and O–H groups in total. The number of likely N-dealkylation sites (tertiary alicyclic amines) is 1. The van der Waals surface area contributed by atoms with Gasteiger partial charge in [-0.3, -0.25) is 4.90 Å². The van der Waals surface area contributed by atoms with Crippen LogP contribution < -0.4 is 10.6 Å². The van der Waals surface area contributed by atoms with Crippen LogP contribution in [0.5, 0.6) is 0 Å². The first-order valence-corrected chi connectivity index (χ1v) is 17.9. The molecule has 7 nitrogen and oxygen atoms in total. The van der Waals surface area contributed by atoms with Gasteiger partial charge in [0.2, 0.25) is 0 Å². The Balaban J connectivity index is 0.000000261. The largest absolute Gasteiger partial charge is 0.355 e. The average Bonchev–Trinajstić information content (AvgIpc) is 3.51. The fourth-order valence-electron chi connectivity index (χ4n) is 6.43. The molecule has 0 spiro atoms. The SMILES string of the molecule is C=C(C)c1cn(CC=O)c2cc(P(CCC)OCC)ccc12.CN(C)CC1(C)CC(C=O)N(C)C1.CNCC1=C(F)C(C)=CCC1. The minimum Gasteiger partial charge on any atom is -0.355 e. The van der Waals surface area contributed by atoms with Gasteiger partial charge in [0, 0.05) is 54.2 Å². The van der Waals surface area contributed by atoms with Gasteiger partial charge in [-0.25, -0.2) is 4.39 Å². The normalized spacial score (nSPS) is 20.5. The first-order valence-electron chi connectivity index (χ1n) is 16.5. The summed E-state index contributed by atoms with van der Waals surface area (Å²) in [7, 11) is 7.45. The lowest BCUT2D eigenvalue weighted by atomic mass is 9.87. The first-order chi connectivity index (χ1) is 21.8. The molecule has 1 saturated heterocycles. The molecule has 3 atom stereocenters. The fraction of sp³-hybridized carbons (Fsp3) is 0.568. The Bertz CT molecular complexity index is 1360. The summed E-state index contributed by atoms with van der Waals surface area (Å²) in [5.74, 6) is -0.00870. The molecule has 46 heavy (non-hydrogen) atoms. The number of likely N-dealkylation sites (N-methyl/N-ethyl adjacent to an activating group) is 2. The van der Waals surface area contributed by atoms with Crippen LogP contribution in [0.2, 0.25) is 0 Å². The number of aldehydes is 2. The summed E-state index contributed by atoms with van der Waals surface area (Å²) in [6.45, 7) is 18.2. The minimum atomic E-state index is -0.581. The highest BCUT2D eigenvalue weighted by atomic mass is 31.1. The van der Waals surface area contributed by atoms with Crippen molar-refractivity contribution in [1.29, 1.82) is 0 Å². The lowest BCUT2D eigenvalue weighted by Gasteiger charge is -2.27. The van der Waals surface area contributed by atoms with E-state index in [-0.39, 0.29) is 17.3 Å². The number of benzene rings is 1. The number of halogens is 1. The summed E-state index contributed by atoms with van der Waals surface area (Å²) < 4.78 is 21.1.